The van der Waals surface area contributed by atoms with Gasteiger partial charge in [-0.3, -0.25) is 0 Å². The number of likely N-dealkylation sites (tertiary alicyclic amines) is 1. The first-order valence-electron chi connectivity index (χ1n) is 6.54. The average Bonchev–Trinajstić information content (AvgIpc) is 2.28. The van der Waals surface area contributed by atoms with Crippen molar-refractivity contribution in [3.63, 3.8) is 0 Å². The molecule has 0 spiro atoms. The molecular formula is C13H26N2O. The summed E-state index contributed by atoms with van der Waals surface area (Å²) in [4.78, 5) is 16.0. The molecule has 0 aromatic rings. The summed E-state index contributed by atoms with van der Waals surface area (Å²) in [6.45, 7) is 9.38. The molecule has 1 atom stereocenters. The van der Waals surface area contributed by atoms with Crippen LogP contribution in [-0.4, -0.2) is 42.5 Å². The maximum atomic E-state index is 12.1. The van der Waals surface area contributed by atoms with Crippen molar-refractivity contribution in [3.05, 3.63) is 0 Å². The van der Waals surface area contributed by atoms with Crippen LogP contribution in [0.2, 0.25) is 0 Å². The first kappa shape index (κ1) is 13.3. The number of urea groups is 1. The normalized spacial score (nSPS) is 19.6. The summed E-state index contributed by atoms with van der Waals surface area (Å²) in [7, 11) is 1.92. The third-order valence-corrected chi connectivity index (χ3v) is 3.66. The van der Waals surface area contributed by atoms with Crippen molar-refractivity contribution in [3.8, 4) is 0 Å². The molecule has 0 bridgehead atoms. The maximum absolute atomic E-state index is 12.1. The standard InChI is InChI=1S/C13H26N2O/c1-5-11(2)10-14(4)13(16)15-8-6-12(3)7-9-15/h11-12H,5-10H2,1-4H3. The van der Waals surface area contributed by atoms with E-state index in [2.05, 4.69) is 20.8 Å². The van der Waals surface area contributed by atoms with Gasteiger partial charge in [0.15, 0.2) is 0 Å². The highest BCUT2D eigenvalue weighted by Crippen LogP contribution is 2.17. The van der Waals surface area contributed by atoms with Gasteiger partial charge in [-0.2, -0.15) is 0 Å². The molecule has 1 heterocycles. The second-order valence-corrected chi connectivity index (χ2v) is 5.35. The highest BCUT2D eigenvalue weighted by Gasteiger charge is 2.23. The van der Waals surface area contributed by atoms with Crippen LogP contribution in [-0.2, 0) is 0 Å². The van der Waals surface area contributed by atoms with Crippen LogP contribution in [0.15, 0.2) is 0 Å². The lowest BCUT2D eigenvalue weighted by molar-refractivity contribution is 0.138. The maximum Gasteiger partial charge on any atom is 0.319 e. The summed E-state index contributed by atoms with van der Waals surface area (Å²) in [5.41, 5.74) is 0. The van der Waals surface area contributed by atoms with E-state index in [1.165, 1.54) is 0 Å². The molecule has 1 aliphatic heterocycles. The zero-order chi connectivity index (χ0) is 12.1. The van der Waals surface area contributed by atoms with Crippen LogP contribution in [0.5, 0.6) is 0 Å². The fraction of sp³-hybridized carbons (Fsp3) is 0.923. The molecule has 0 N–H and O–H groups in total. The number of rotatable bonds is 3. The quantitative estimate of drug-likeness (QED) is 0.726. The van der Waals surface area contributed by atoms with Gasteiger partial charge in [-0.15, -0.1) is 0 Å². The predicted molar refractivity (Wildman–Crippen MR) is 67.5 cm³/mol. The summed E-state index contributed by atoms with van der Waals surface area (Å²) >= 11 is 0. The molecule has 0 saturated carbocycles. The summed E-state index contributed by atoms with van der Waals surface area (Å²) in [5, 5.41) is 0. The van der Waals surface area contributed by atoms with Crippen molar-refractivity contribution < 1.29 is 4.79 Å². The molecule has 0 aromatic carbocycles. The van der Waals surface area contributed by atoms with Gasteiger partial charge in [0, 0.05) is 26.7 Å². The Hall–Kier alpha value is -0.730. The lowest BCUT2D eigenvalue weighted by atomic mass is 9.99. The summed E-state index contributed by atoms with van der Waals surface area (Å²) < 4.78 is 0. The van der Waals surface area contributed by atoms with Gasteiger partial charge in [0.1, 0.15) is 0 Å². The summed E-state index contributed by atoms with van der Waals surface area (Å²) in [5.74, 6) is 1.38. The number of carbonyl (C=O) groups is 1. The average molecular weight is 226 g/mol. The fourth-order valence-corrected chi connectivity index (χ4v) is 2.12. The Bertz CT molecular complexity index is 222. The molecular weight excluding hydrogens is 200 g/mol. The summed E-state index contributed by atoms with van der Waals surface area (Å²) in [6, 6.07) is 0.215. The fourth-order valence-electron chi connectivity index (χ4n) is 2.12. The van der Waals surface area contributed by atoms with E-state index in [1.54, 1.807) is 0 Å². The molecule has 0 aromatic heterocycles. The molecule has 1 unspecified atom stereocenters. The van der Waals surface area contributed by atoms with E-state index in [1.807, 2.05) is 16.8 Å². The minimum atomic E-state index is 0.215. The Morgan fingerprint density at radius 1 is 1.44 bits per heavy atom. The molecule has 3 nitrogen and oxygen atoms in total. The molecule has 3 heteroatoms. The molecule has 0 aliphatic carbocycles. The number of piperidine rings is 1. The van der Waals surface area contributed by atoms with Gasteiger partial charge in [0.25, 0.3) is 0 Å². The van der Waals surface area contributed by atoms with Gasteiger partial charge in [0.05, 0.1) is 0 Å². The third kappa shape index (κ3) is 3.69. The van der Waals surface area contributed by atoms with Crippen molar-refractivity contribution in [1.82, 2.24) is 9.80 Å². The Labute approximate surface area is 99.8 Å². The van der Waals surface area contributed by atoms with Gasteiger partial charge >= 0.3 is 6.03 Å². The Balaban J connectivity index is 2.38. The Kier molecular flexibility index (Phi) is 5.10. The predicted octanol–water partition coefficient (Wildman–Crippen LogP) is 2.82. The van der Waals surface area contributed by atoms with E-state index in [0.29, 0.717) is 5.92 Å². The van der Waals surface area contributed by atoms with Gasteiger partial charge in [-0.05, 0) is 24.7 Å². The minimum Gasteiger partial charge on any atom is -0.327 e. The minimum absolute atomic E-state index is 0.215. The van der Waals surface area contributed by atoms with E-state index >= 15 is 0 Å². The van der Waals surface area contributed by atoms with Crippen LogP contribution < -0.4 is 0 Å². The van der Waals surface area contributed by atoms with Crippen LogP contribution in [0.3, 0.4) is 0 Å². The lowest BCUT2D eigenvalue weighted by Crippen LogP contribution is -2.46. The molecule has 1 fully saturated rings. The Morgan fingerprint density at radius 2 is 2.00 bits per heavy atom. The number of hydrogen-bond donors (Lipinski definition) is 0. The van der Waals surface area contributed by atoms with Crippen molar-refractivity contribution >= 4 is 6.03 Å². The highest BCUT2D eigenvalue weighted by molar-refractivity contribution is 5.74. The number of hydrogen-bond acceptors (Lipinski definition) is 1. The van der Waals surface area contributed by atoms with Gasteiger partial charge in [-0.1, -0.05) is 27.2 Å². The van der Waals surface area contributed by atoms with E-state index in [-0.39, 0.29) is 6.03 Å². The molecule has 2 amide bonds. The molecule has 1 saturated heterocycles. The van der Waals surface area contributed by atoms with Crippen molar-refractivity contribution in [2.75, 3.05) is 26.7 Å². The number of nitrogens with zero attached hydrogens (tertiary/aromatic N) is 2. The number of amides is 2. The van der Waals surface area contributed by atoms with E-state index in [4.69, 9.17) is 0 Å². The monoisotopic (exact) mass is 226 g/mol. The Morgan fingerprint density at radius 3 is 2.50 bits per heavy atom. The molecule has 1 rings (SSSR count). The second kappa shape index (κ2) is 6.12. The van der Waals surface area contributed by atoms with Crippen LogP contribution in [0, 0.1) is 11.8 Å². The smallest absolute Gasteiger partial charge is 0.319 e. The van der Waals surface area contributed by atoms with E-state index in [0.717, 1.165) is 44.8 Å². The van der Waals surface area contributed by atoms with Crippen molar-refractivity contribution in [2.45, 2.75) is 40.0 Å². The zero-order valence-corrected chi connectivity index (χ0v) is 11.2. The topological polar surface area (TPSA) is 23.6 Å². The van der Waals surface area contributed by atoms with Crippen molar-refractivity contribution in [1.29, 1.82) is 0 Å². The third-order valence-electron chi connectivity index (χ3n) is 3.66. The summed E-state index contributed by atoms with van der Waals surface area (Å²) in [6.07, 6.45) is 3.44. The lowest BCUT2D eigenvalue weighted by Gasteiger charge is -2.34. The van der Waals surface area contributed by atoms with E-state index in [9.17, 15) is 4.79 Å². The van der Waals surface area contributed by atoms with Gasteiger partial charge < -0.3 is 9.80 Å². The molecule has 0 radical (unpaired) electrons. The van der Waals surface area contributed by atoms with Crippen molar-refractivity contribution in [2.24, 2.45) is 11.8 Å². The SMILES string of the molecule is CCC(C)CN(C)C(=O)N1CCC(C)CC1. The van der Waals surface area contributed by atoms with Crippen LogP contribution in [0.25, 0.3) is 0 Å². The largest absolute Gasteiger partial charge is 0.327 e. The first-order chi connectivity index (χ1) is 7.54. The van der Waals surface area contributed by atoms with Gasteiger partial charge in [0.2, 0.25) is 0 Å². The van der Waals surface area contributed by atoms with Crippen LogP contribution in [0.4, 0.5) is 4.79 Å². The second-order valence-electron chi connectivity index (χ2n) is 5.35. The molecule has 1 aliphatic rings. The van der Waals surface area contributed by atoms with Gasteiger partial charge in [-0.25, -0.2) is 4.79 Å². The van der Waals surface area contributed by atoms with E-state index < -0.39 is 0 Å². The zero-order valence-electron chi connectivity index (χ0n) is 11.2. The van der Waals surface area contributed by atoms with Crippen LogP contribution >= 0.6 is 0 Å². The highest BCUT2D eigenvalue weighted by atomic mass is 16.2. The van der Waals surface area contributed by atoms with Crippen LogP contribution in [0.1, 0.15) is 40.0 Å². The first-order valence-corrected chi connectivity index (χ1v) is 6.54. The number of carbonyl (C=O) groups excluding carboxylic acids is 1. The molecule has 94 valence electrons. The molecule has 16 heavy (non-hydrogen) atoms.